The molecule has 1 aliphatic rings. The highest BCUT2D eigenvalue weighted by atomic mass is 32.1. The summed E-state index contributed by atoms with van der Waals surface area (Å²) in [4.78, 5) is 12.9. The number of benzene rings is 1. The van der Waals surface area contributed by atoms with E-state index in [0.29, 0.717) is 36.0 Å². The van der Waals surface area contributed by atoms with Crippen LogP contribution in [0.25, 0.3) is 10.4 Å². The van der Waals surface area contributed by atoms with Crippen molar-refractivity contribution >= 4 is 23.0 Å². The van der Waals surface area contributed by atoms with Gasteiger partial charge in [0.1, 0.15) is 16.3 Å². The summed E-state index contributed by atoms with van der Waals surface area (Å²) in [6.45, 7) is 2.57. The van der Waals surface area contributed by atoms with Gasteiger partial charge in [0, 0.05) is 18.1 Å². The average molecular weight is 478 g/mol. The van der Waals surface area contributed by atoms with Gasteiger partial charge in [-0.3, -0.25) is 0 Å². The molecule has 2 heterocycles. The number of hydrogen-bond acceptors (Lipinski definition) is 7. The molecule has 176 valence electrons. The van der Waals surface area contributed by atoms with E-state index in [4.69, 9.17) is 5.73 Å². The molecule has 0 amide bonds. The lowest BCUT2D eigenvalue weighted by Gasteiger charge is -2.34. The van der Waals surface area contributed by atoms with Crippen molar-refractivity contribution in [3.8, 4) is 10.4 Å². The third-order valence-corrected chi connectivity index (χ3v) is 7.21. The van der Waals surface area contributed by atoms with Crippen LogP contribution >= 0.6 is 11.3 Å². The molecule has 0 radical (unpaired) electrons. The first-order valence-electron chi connectivity index (χ1n) is 10.8. The summed E-state index contributed by atoms with van der Waals surface area (Å²) >= 11 is 1.44. The van der Waals surface area contributed by atoms with Gasteiger partial charge in [-0.15, -0.1) is 11.3 Å². The SMILES string of the molecule is Cc1cc(Nc2nccc(C(F)(F)F)n2)cc(-c2cnc(C3(O)CCC(CCN)CC3)s2)c1. The standard InChI is InChI=1S/C23H26F3N5OS/c1-14-10-16(12-17(11-14)30-21-28-9-5-19(31-21)23(24,25)26)18-13-29-20(33-18)22(32)6-2-15(3-7-22)4-8-27/h5,9-13,15,32H,2-4,6-8,27H2,1H3,(H,28,30,31). The first kappa shape index (κ1) is 23.6. The maximum atomic E-state index is 13.0. The van der Waals surface area contributed by atoms with Gasteiger partial charge in [-0.1, -0.05) is 6.07 Å². The molecule has 0 aliphatic heterocycles. The van der Waals surface area contributed by atoms with Crippen molar-refractivity contribution in [2.75, 3.05) is 11.9 Å². The van der Waals surface area contributed by atoms with Crippen LogP contribution in [0.5, 0.6) is 0 Å². The second-order valence-corrected chi connectivity index (χ2v) is 9.59. The predicted molar refractivity (Wildman–Crippen MR) is 122 cm³/mol. The molecule has 0 spiro atoms. The molecule has 4 rings (SSSR count). The zero-order valence-corrected chi connectivity index (χ0v) is 19.0. The van der Waals surface area contributed by atoms with E-state index in [2.05, 4.69) is 20.3 Å². The van der Waals surface area contributed by atoms with E-state index in [9.17, 15) is 18.3 Å². The number of nitrogens with zero attached hydrogens (tertiary/aromatic N) is 3. The molecular weight excluding hydrogens is 451 g/mol. The number of rotatable bonds is 6. The molecule has 6 nitrogen and oxygen atoms in total. The lowest BCUT2D eigenvalue weighted by Crippen LogP contribution is -2.31. The number of aryl methyl sites for hydroxylation is 1. The van der Waals surface area contributed by atoms with Crippen LogP contribution in [0.3, 0.4) is 0 Å². The summed E-state index contributed by atoms with van der Waals surface area (Å²) in [5.74, 6) is 0.424. The fraction of sp³-hybridized carbons (Fsp3) is 0.435. The van der Waals surface area contributed by atoms with Gasteiger partial charge in [-0.2, -0.15) is 13.2 Å². The Morgan fingerprint density at radius 2 is 1.97 bits per heavy atom. The van der Waals surface area contributed by atoms with Gasteiger partial charge in [-0.25, -0.2) is 15.0 Å². The van der Waals surface area contributed by atoms with Crippen molar-refractivity contribution in [3.63, 3.8) is 0 Å². The molecule has 0 bridgehead atoms. The molecule has 0 unspecified atom stereocenters. The van der Waals surface area contributed by atoms with Crippen molar-refractivity contribution in [1.82, 2.24) is 15.0 Å². The molecular formula is C23H26F3N5OS. The summed E-state index contributed by atoms with van der Waals surface area (Å²) in [5, 5.41) is 14.7. The first-order valence-corrected chi connectivity index (χ1v) is 11.7. The summed E-state index contributed by atoms with van der Waals surface area (Å²) in [7, 11) is 0. The number of aliphatic hydroxyl groups is 1. The van der Waals surface area contributed by atoms with E-state index < -0.39 is 17.5 Å². The number of alkyl halides is 3. The van der Waals surface area contributed by atoms with Crippen LogP contribution in [-0.4, -0.2) is 26.6 Å². The van der Waals surface area contributed by atoms with E-state index in [-0.39, 0.29) is 5.95 Å². The van der Waals surface area contributed by atoms with Crippen molar-refractivity contribution in [1.29, 1.82) is 0 Å². The smallest absolute Gasteiger partial charge is 0.383 e. The molecule has 1 aliphatic carbocycles. The molecule has 0 atom stereocenters. The Morgan fingerprint density at radius 3 is 2.67 bits per heavy atom. The number of hydrogen-bond donors (Lipinski definition) is 3. The Kier molecular flexibility index (Phi) is 6.69. The van der Waals surface area contributed by atoms with Crippen molar-refractivity contribution < 1.29 is 18.3 Å². The molecule has 4 N–H and O–H groups in total. The number of nitrogens with one attached hydrogen (secondary N) is 1. The van der Waals surface area contributed by atoms with Gasteiger partial charge in [0.25, 0.3) is 0 Å². The van der Waals surface area contributed by atoms with Crippen LogP contribution in [0.15, 0.2) is 36.7 Å². The summed E-state index contributed by atoms with van der Waals surface area (Å²) < 4.78 is 38.9. The first-order chi connectivity index (χ1) is 15.7. The zero-order valence-electron chi connectivity index (χ0n) is 18.2. The van der Waals surface area contributed by atoms with E-state index in [1.807, 2.05) is 19.1 Å². The minimum atomic E-state index is -4.54. The molecule has 1 fully saturated rings. The normalized spacial score (nSPS) is 21.2. The van der Waals surface area contributed by atoms with Crippen molar-refractivity contribution in [2.24, 2.45) is 11.7 Å². The van der Waals surface area contributed by atoms with Gasteiger partial charge >= 0.3 is 6.18 Å². The number of anilines is 2. The summed E-state index contributed by atoms with van der Waals surface area (Å²) in [6, 6.07) is 6.43. The molecule has 3 aromatic rings. The second-order valence-electron chi connectivity index (χ2n) is 8.56. The van der Waals surface area contributed by atoms with E-state index in [1.165, 1.54) is 11.3 Å². The lowest BCUT2D eigenvalue weighted by atomic mass is 9.78. The fourth-order valence-electron chi connectivity index (χ4n) is 4.22. The lowest BCUT2D eigenvalue weighted by molar-refractivity contribution is -0.141. The summed E-state index contributed by atoms with van der Waals surface area (Å²) in [5.41, 5.74) is 6.08. The molecule has 2 aromatic heterocycles. The third-order valence-electron chi connectivity index (χ3n) is 5.98. The number of thiazole rings is 1. The van der Waals surface area contributed by atoms with Crippen molar-refractivity contribution in [2.45, 2.75) is 50.8 Å². The Hall–Kier alpha value is -2.56. The van der Waals surface area contributed by atoms with E-state index >= 15 is 0 Å². The summed E-state index contributed by atoms with van der Waals surface area (Å²) in [6.07, 6.45) is 2.44. The molecule has 1 saturated carbocycles. The number of nitrogens with two attached hydrogens (primary N) is 1. The maximum absolute atomic E-state index is 13.0. The van der Waals surface area contributed by atoms with Crippen LogP contribution in [0.1, 0.15) is 48.4 Å². The van der Waals surface area contributed by atoms with Crippen LogP contribution in [0.2, 0.25) is 0 Å². The Bertz CT molecular complexity index is 1110. The molecule has 0 saturated heterocycles. The van der Waals surface area contributed by atoms with Crippen LogP contribution < -0.4 is 11.1 Å². The molecule has 1 aromatic carbocycles. The predicted octanol–water partition coefficient (Wildman–Crippen LogP) is 5.40. The second kappa shape index (κ2) is 9.36. The molecule has 33 heavy (non-hydrogen) atoms. The zero-order chi connectivity index (χ0) is 23.6. The van der Waals surface area contributed by atoms with E-state index in [1.54, 1.807) is 12.3 Å². The third kappa shape index (κ3) is 5.51. The van der Waals surface area contributed by atoms with Gasteiger partial charge in [-0.05, 0) is 80.8 Å². The molecule has 10 heteroatoms. The van der Waals surface area contributed by atoms with Crippen LogP contribution in [-0.2, 0) is 11.8 Å². The highest BCUT2D eigenvalue weighted by Gasteiger charge is 2.37. The highest BCUT2D eigenvalue weighted by molar-refractivity contribution is 7.15. The quantitative estimate of drug-likeness (QED) is 0.440. The van der Waals surface area contributed by atoms with Gasteiger partial charge in [0.2, 0.25) is 5.95 Å². The number of aromatic nitrogens is 3. The largest absolute Gasteiger partial charge is 0.433 e. The van der Waals surface area contributed by atoms with Gasteiger partial charge in [0.15, 0.2) is 0 Å². The minimum Gasteiger partial charge on any atom is -0.383 e. The minimum absolute atomic E-state index is 0.130. The Labute approximate surface area is 194 Å². The average Bonchev–Trinajstić information content (AvgIpc) is 3.26. The Balaban J connectivity index is 1.54. The van der Waals surface area contributed by atoms with Crippen LogP contribution in [0, 0.1) is 12.8 Å². The van der Waals surface area contributed by atoms with Crippen molar-refractivity contribution in [3.05, 3.63) is 52.9 Å². The fourth-order valence-corrected chi connectivity index (χ4v) is 5.27. The monoisotopic (exact) mass is 477 g/mol. The highest BCUT2D eigenvalue weighted by Crippen LogP contribution is 2.43. The number of halogens is 3. The topological polar surface area (TPSA) is 97.0 Å². The maximum Gasteiger partial charge on any atom is 0.433 e. The van der Waals surface area contributed by atoms with Crippen LogP contribution in [0.4, 0.5) is 24.8 Å². The van der Waals surface area contributed by atoms with Gasteiger partial charge < -0.3 is 16.2 Å². The van der Waals surface area contributed by atoms with E-state index in [0.717, 1.165) is 47.5 Å². The van der Waals surface area contributed by atoms with Gasteiger partial charge in [0.05, 0.1) is 4.88 Å². The Morgan fingerprint density at radius 1 is 1.21 bits per heavy atom.